The number of nitrogens with one attached hydrogen (secondary N) is 1. The van der Waals surface area contributed by atoms with Gasteiger partial charge in [-0.3, -0.25) is 4.98 Å². The minimum Gasteiger partial charge on any atom is -0.506 e. The molecule has 0 saturated carbocycles. The molecule has 0 bridgehead atoms. The molecule has 3 aromatic rings. The fraction of sp³-hybridized carbons (Fsp3) is 0.125. The summed E-state index contributed by atoms with van der Waals surface area (Å²) in [6, 6.07) is 6.33. The molecule has 118 valence electrons. The number of ether oxygens (including phenoxy) is 1. The number of aromatic nitrogens is 1. The van der Waals surface area contributed by atoms with Crippen LogP contribution in [0.2, 0.25) is 5.02 Å². The molecule has 0 amide bonds. The Morgan fingerprint density at radius 1 is 1.43 bits per heavy atom. The van der Waals surface area contributed by atoms with Gasteiger partial charge < -0.3 is 19.6 Å². The van der Waals surface area contributed by atoms with Gasteiger partial charge in [0.05, 0.1) is 18.5 Å². The molecule has 0 unspecified atom stereocenters. The van der Waals surface area contributed by atoms with Gasteiger partial charge in [-0.05, 0) is 25.1 Å². The van der Waals surface area contributed by atoms with Crippen LogP contribution in [-0.2, 0) is 4.74 Å². The van der Waals surface area contributed by atoms with Crippen molar-refractivity contribution in [3.8, 4) is 5.75 Å². The number of furan rings is 1. The normalized spacial score (nSPS) is 10.7. The van der Waals surface area contributed by atoms with E-state index in [-0.39, 0.29) is 18.1 Å². The molecule has 0 radical (unpaired) electrons. The second kappa shape index (κ2) is 6.18. The monoisotopic (exact) mass is 332 g/mol. The molecule has 2 heterocycles. The molecular formula is C16H13ClN2O4. The van der Waals surface area contributed by atoms with Crippen molar-refractivity contribution < 1.29 is 19.1 Å². The van der Waals surface area contributed by atoms with E-state index in [1.54, 1.807) is 31.3 Å². The Morgan fingerprint density at radius 2 is 2.26 bits per heavy atom. The maximum atomic E-state index is 12.1. The highest BCUT2D eigenvalue weighted by atomic mass is 35.5. The topological polar surface area (TPSA) is 84.6 Å². The predicted octanol–water partition coefficient (Wildman–Crippen LogP) is 4.11. The lowest BCUT2D eigenvalue weighted by atomic mass is 10.2. The minimum absolute atomic E-state index is 0.0178. The molecule has 0 fully saturated rings. The van der Waals surface area contributed by atoms with Crippen molar-refractivity contribution in [3.05, 3.63) is 47.4 Å². The van der Waals surface area contributed by atoms with E-state index in [1.165, 1.54) is 12.3 Å². The molecule has 23 heavy (non-hydrogen) atoms. The molecular weight excluding hydrogens is 320 g/mol. The molecule has 2 N–H and O–H groups in total. The first kappa shape index (κ1) is 15.2. The van der Waals surface area contributed by atoms with Crippen LogP contribution in [-0.4, -0.2) is 22.7 Å². The third-order valence-corrected chi connectivity index (χ3v) is 3.41. The zero-order valence-corrected chi connectivity index (χ0v) is 12.9. The average molecular weight is 333 g/mol. The molecule has 0 aliphatic carbocycles. The molecule has 0 aliphatic heterocycles. The Bertz CT molecular complexity index is 876. The van der Waals surface area contributed by atoms with E-state index in [0.29, 0.717) is 27.4 Å². The highest BCUT2D eigenvalue weighted by Gasteiger charge is 2.22. The summed E-state index contributed by atoms with van der Waals surface area (Å²) in [6.45, 7) is 1.93. The van der Waals surface area contributed by atoms with Crippen LogP contribution in [0.1, 0.15) is 17.5 Å². The Balaban J connectivity index is 2.10. The highest BCUT2D eigenvalue weighted by Crippen LogP contribution is 2.36. The van der Waals surface area contributed by atoms with Crippen LogP contribution in [0.5, 0.6) is 5.75 Å². The quantitative estimate of drug-likeness (QED) is 0.552. The van der Waals surface area contributed by atoms with Crippen LogP contribution in [0.3, 0.4) is 0 Å². The lowest BCUT2D eigenvalue weighted by Crippen LogP contribution is -2.06. The highest BCUT2D eigenvalue weighted by molar-refractivity contribution is 6.30. The van der Waals surface area contributed by atoms with Crippen molar-refractivity contribution in [2.45, 2.75) is 6.92 Å². The Labute approximate surface area is 136 Å². The largest absolute Gasteiger partial charge is 0.506 e. The van der Waals surface area contributed by atoms with E-state index >= 15 is 0 Å². The number of esters is 1. The van der Waals surface area contributed by atoms with Gasteiger partial charge in [-0.25, -0.2) is 4.79 Å². The summed E-state index contributed by atoms with van der Waals surface area (Å²) >= 11 is 5.83. The zero-order valence-electron chi connectivity index (χ0n) is 12.2. The molecule has 7 heteroatoms. The summed E-state index contributed by atoms with van der Waals surface area (Å²) in [5.74, 6) is -0.625. The number of hydrogen-bond acceptors (Lipinski definition) is 6. The molecule has 0 aliphatic rings. The van der Waals surface area contributed by atoms with Gasteiger partial charge in [0.25, 0.3) is 0 Å². The number of fused-ring (bicyclic) bond motifs is 1. The second-order valence-electron chi connectivity index (χ2n) is 4.68. The van der Waals surface area contributed by atoms with E-state index in [0.717, 1.165) is 0 Å². The molecule has 6 nitrogen and oxygen atoms in total. The maximum absolute atomic E-state index is 12.1. The van der Waals surface area contributed by atoms with Gasteiger partial charge in [0.15, 0.2) is 5.58 Å². The van der Waals surface area contributed by atoms with Crippen LogP contribution in [0.25, 0.3) is 11.0 Å². The average Bonchev–Trinajstić information content (AvgIpc) is 2.89. The van der Waals surface area contributed by atoms with Gasteiger partial charge in [-0.2, -0.15) is 0 Å². The fourth-order valence-corrected chi connectivity index (χ4v) is 2.33. The number of phenolic OH excluding ortho intramolecular Hbond substituents is 1. The van der Waals surface area contributed by atoms with Crippen molar-refractivity contribution in [2.24, 2.45) is 0 Å². The molecule has 0 atom stereocenters. The van der Waals surface area contributed by atoms with E-state index in [2.05, 4.69) is 10.3 Å². The van der Waals surface area contributed by atoms with Crippen molar-refractivity contribution in [1.82, 2.24) is 4.98 Å². The van der Waals surface area contributed by atoms with Crippen LogP contribution >= 0.6 is 11.6 Å². The van der Waals surface area contributed by atoms with E-state index < -0.39 is 5.97 Å². The van der Waals surface area contributed by atoms with Crippen LogP contribution in [0.4, 0.5) is 11.4 Å². The number of hydrogen-bond donors (Lipinski definition) is 2. The van der Waals surface area contributed by atoms with Crippen LogP contribution in [0.15, 0.2) is 41.1 Å². The third-order valence-electron chi connectivity index (χ3n) is 3.17. The number of aromatic hydroxyl groups is 1. The molecule has 0 spiro atoms. The molecule has 0 saturated heterocycles. The molecule has 3 rings (SSSR count). The summed E-state index contributed by atoms with van der Waals surface area (Å²) in [7, 11) is 0. The lowest BCUT2D eigenvalue weighted by molar-refractivity contribution is 0.0494. The fourth-order valence-electron chi connectivity index (χ4n) is 2.16. The van der Waals surface area contributed by atoms with E-state index in [4.69, 9.17) is 20.8 Å². The Morgan fingerprint density at radius 3 is 3.00 bits per heavy atom. The van der Waals surface area contributed by atoms with Crippen molar-refractivity contribution in [3.63, 3.8) is 0 Å². The van der Waals surface area contributed by atoms with Crippen LogP contribution < -0.4 is 5.32 Å². The number of nitrogens with zero attached hydrogens (tertiary/aromatic N) is 1. The summed E-state index contributed by atoms with van der Waals surface area (Å²) in [5, 5.41) is 14.0. The van der Waals surface area contributed by atoms with E-state index in [9.17, 15) is 9.90 Å². The SMILES string of the molecule is CCOC(=O)c1oc2cnccc2c1Nc1ccc(Cl)cc1O. The number of carbonyl (C=O) groups excluding carboxylic acids is 1. The maximum Gasteiger partial charge on any atom is 0.376 e. The summed E-state index contributed by atoms with van der Waals surface area (Å²) in [6.07, 6.45) is 3.09. The second-order valence-corrected chi connectivity index (χ2v) is 5.12. The number of carbonyl (C=O) groups is 1. The van der Waals surface area contributed by atoms with Gasteiger partial charge >= 0.3 is 5.97 Å². The van der Waals surface area contributed by atoms with Crippen molar-refractivity contribution in [2.75, 3.05) is 11.9 Å². The Kier molecular flexibility index (Phi) is 4.08. The predicted molar refractivity (Wildman–Crippen MR) is 86.4 cm³/mol. The number of anilines is 2. The first-order valence-electron chi connectivity index (χ1n) is 6.89. The number of benzene rings is 1. The first-order chi connectivity index (χ1) is 11.1. The molecule has 1 aromatic carbocycles. The van der Waals surface area contributed by atoms with Gasteiger partial charge in [0, 0.05) is 22.7 Å². The first-order valence-corrected chi connectivity index (χ1v) is 7.27. The standard InChI is InChI=1S/C16H13ClN2O4/c1-2-22-16(21)15-14(10-5-6-18-8-13(10)23-15)19-11-4-3-9(17)7-12(11)20/h3-8,19-20H,2H2,1H3. The number of rotatable bonds is 4. The Hall–Kier alpha value is -2.73. The van der Waals surface area contributed by atoms with Gasteiger partial charge in [-0.1, -0.05) is 11.6 Å². The van der Waals surface area contributed by atoms with Gasteiger partial charge in [-0.15, -0.1) is 0 Å². The zero-order chi connectivity index (χ0) is 16.4. The smallest absolute Gasteiger partial charge is 0.376 e. The lowest BCUT2D eigenvalue weighted by Gasteiger charge is -2.09. The summed E-state index contributed by atoms with van der Waals surface area (Å²) in [4.78, 5) is 16.1. The number of phenols is 1. The van der Waals surface area contributed by atoms with Crippen molar-refractivity contribution in [1.29, 1.82) is 0 Å². The van der Waals surface area contributed by atoms with Crippen molar-refractivity contribution >= 4 is 39.9 Å². The summed E-state index contributed by atoms with van der Waals surface area (Å²) in [5.41, 5.74) is 1.23. The molecule has 2 aromatic heterocycles. The minimum atomic E-state index is -0.598. The number of halogens is 1. The summed E-state index contributed by atoms with van der Waals surface area (Å²) < 4.78 is 10.6. The van der Waals surface area contributed by atoms with Crippen LogP contribution in [0, 0.1) is 0 Å². The van der Waals surface area contributed by atoms with E-state index in [1.807, 2.05) is 0 Å². The van der Waals surface area contributed by atoms with Gasteiger partial charge in [0.1, 0.15) is 11.4 Å². The third kappa shape index (κ3) is 2.93. The number of pyridine rings is 1. The van der Waals surface area contributed by atoms with Gasteiger partial charge in [0.2, 0.25) is 5.76 Å².